The van der Waals surface area contributed by atoms with Crippen molar-refractivity contribution in [1.82, 2.24) is 5.32 Å². The molecule has 0 spiro atoms. The second-order valence-corrected chi connectivity index (χ2v) is 8.32. The Balaban J connectivity index is 1.89. The predicted octanol–water partition coefficient (Wildman–Crippen LogP) is 2.51. The summed E-state index contributed by atoms with van der Waals surface area (Å²) >= 11 is 3.52. The topological polar surface area (TPSA) is 55.4 Å². The van der Waals surface area contributed by atoms with Gasteiger partial charge in [0.15, 0.2) is 9.84 Å². The van der Waals surface area contributed by atoms with Crippen LogP contribution in [0, 0.1) is 0 Å². The maximum Gasteiger partial charge on any atom is 0.153 e. The van der Waals surface area contributed by atoms with Gasteiger partial charge >= 0.3 is 0 Å². The highest BCUT2D eigenvalue weighted by molar-refractivity contribution is 9.10. The van der Waals surface area contributed by atoms with E-state index >= 15 is 0 Å². The largest absolute Gasteiger partial charge is 0.493 e. The molecule has 1 aromatic rings. The lowest BCUT2D eigenvalue weighted by atomic mass is 10.2. The summed E-state index contributed by atoms with van der Waals surface area (Å²) < 4.78 is 29.4. The molecule has 1 fully saturated rings. The first-order valence-corrected chi connectivity index (χ1v) is 9.46. The van der Waals surface area contributed by atoms with Crippen LogP contribution < -0.4 is 10.1 Å². The van der Waals surface area contributed by atoms with Crippen LogP contribution >= 0.6 is 15.9 Å². The average molecular weight is 362 g/mol. The molecule has 0 atom stereocenters. The first kappa shape index (κ1) is 15.8. The molecule has 1 aromatic carbocycles. The van der Waals surface area contributed by atoms with E-state index in [1.807, 2.05) is 18.2 Å². The molecule has 0 aromatic heterocycles. The Morgan fingerprint density at radius 1 is 1.40 bits per heavy atom. The molecular formula is C14H20BrNO3S. The van der Waals surface area contributed by atoms with Crippen LogP contribution in [0.4, 0.5) is 0 Å². The molecule has 2 rings (SSSR count). The number of rotatable bonds is 8. The molecule has 4 nitrogen and oxygen atoms in total. The Morgan fingerprint density at radius 3 is 2.80 bits per heavy atom. The van der Waals surface area contributed by atoms with E-state index in [0.717, 1.165) is 16.6 Å². The predicted molar refractivity (Wildman–Crippen MR) is 83.8 cm³/mol. The smallest absolute Gasteiger partial charge is 0.153 e. The summed E-state index contributed by atoms with van der Waals surface area (Å²) in [6, 6.07) is 6.40. The van der Waals surface area contributed by atoms with Crippen molar-refractivity contribution >= 4 is 25.8 Å². The summed E-state index contributed by atoms with van der Waals surface area (Å²) in [6.07, 6.45) is 2.51. The van der Waals surface area contributed by atoms with E-state index in [1.54, 1.807) is 6.92 Å². The van der Waals surface area contributed by atoms with E-state index < -0.39 is 9.84 Å². The fourth-order valence-corrected chi connectivity index (χ4v) is 2.76. The lowest BCUT2D eigenvalue weighted by molar-refractivity contribution is 0.340. The molecular weight excluding hydrogens is 342 g/mol. The molecule has 0 radical (unpaired) electrons. The van der Waals surface area contributed by atoms with E-state index in [4.69, 9.17) is 4.74 Å². The van der Waals surface area contributed by atoms with Crippen LogP contribution in [-0.4, -0.2) is 32.6 Å². The van der Waals surface area contributed by atoms with Crippen molar-refractivity contribution in [1.29, 1.82) is 0 Å². The molecule has 6 heteroatoms. The number of halogens is 1. The molecule has 20 heavy (non-hydrogen) atoms. The number of benzene rings is 1. The van der Waals surface area contributed by atoms with E-state index in [9.17, 15) is 8.42 Å². The van der Waals surface area contributed by atoms with Crippen molar-refractivity contribution in [2.24, 2.45) is 0 Å². The van der Waals surface area contributed by atoms with Gasteiger partial charge in [-0.25, -0.2) is 8.42 Å². The molecule has 0 bridgehead atoms. The van der Waals surface area contributed by atoms with E-state index in [1.165, 1.54) is 12.8 Å². The Hall–Kier alpha value is -0.590. The van der Waals surface area contributed by atoms with Gasteiger partial charge in [0.1, 0.15) is 12.4 Å². The van der Waals surface area contributed by atoms with Crippen LogP contribution in [0.1, 0.15) is 25.3 Å². The number of hydrogen-bond donors (Lipinski definition) is 1. The molecule has 1 aliphatic rings. The molecule has 1 N–H and O–H groups in total. The van der Waals surface area contributed by atoms with E-state index in [-0.39, 0.29) is 18.1 Å². The van der Waals surface area contributed by atoms with Crippen LogP contribution in [-0.2, 0) is 16.4 Å². The van der Waals surface area contributed by atoms with Crippen molar-refractivity contribution in [3.63, 3.8) is 0 Å². The molecule has 0 saturated heterocycles. The Kier molecular flexibility index (Phi) is 5.46. The van der Waals surface area contributed by atoms with Crippen molar-refractivity contribution in [3.8, 4) is 5.75 Å². The third kappa shape index (κ3) is 5.07. The van der Waals surface area contributed by atoms with Gasteiger partial charge in [-0.3, -0.25) is 0 Å². The Morgan fingerprint density at radius 2 is 2.15 bits per heavy atom. The van der Waals surface area contributed by atoms with E-state index in [0.29, 0.717) is 11.8 Å². The van der Waals surface area contributed by atoms with Crippen LogP contribution in [0.2, 0.25) is 0 Å². The van der Waals surface area contributed by atoms with Crippen molar-refractivity contribution in [2.45, 2.75) is 32.4 Å². The molecule has 0 unspecified atom stereocenters. The van der Waals surface area contributed by atoms with Crippen molar-refractivity contribution < 1.29 is 13.2 Å². The maximum atomic E-state index is 11.4. The van der Waals surface area contributed by atoms with Crippen LogP contribution in [0.3, 0.4) is 0 Å². The number of ether oxygens (including phenoxy) is 1. The minimum absolute atomic E-state index is 0.0647. The first-order chi connectivity index (χ1) is 9.50. The first-order valence-electron chi connectivity index (χ1n) is 6.85. The zero-order valence-corrected chi connectivity index (χ0v) is 14.0. The standard InChI is InChI=1S/C14H20BrNO3S/c1-2-20(17,18)8-7-19-13-5-6-14(15)11(9-13)10-16-12-3-4-12/h5-6,9,12,16H,2-4,7-8,10H2,1H3. The molecule has 0 amide bonds. The average Bonchev–Trinajstić information content (AvgIpc) is 3.23. The van der Waals surface area contributed by atoms with Crippen LogP contribution in [0.15, 0.2) is 22.7 Å². The fraction of sp³-hybridized carbons (Fsp3) is 0.571. The summed E-state index contributed by atoms with van der Waals surface area (Å²) in [6.45, 7) is 2.65. The van der Waals surface area contributed by atoms with Crippen LogP contribution in [0.5, 0.6) is 5.75 Å². The second kappa shape index (κ2) is 6.91. The van der Waals surface area contributed by atoms with Crippen LogP contribution in [0.25, 0.3) is 0 Å². The normalized spacial score (nSPS) is 15.3. The fourth-order valence-electron chi connectivity index (χ4n) is 1.75. The Labute approximate surface area is 129 Å². The zero-order valence-electron chi connectivity index (χ0n) is 11.6. The second-order valence-electron chi connectivity index (χ2n) is 4.99. The summed E-state index contributed by atoms with van der Waals surface area (Å²) in [7, 11) is -2.97. The van der Waals surface area contributed by atoms with Gasteiger partial charge in [0.2, 0.25) is 0 Å². The van der Waals surface area contributed by atoms with Gasteiger partial charge < -0.3 is 10.1 Å². The van der Waals surface area contributed by atoms with Crippen molar-refractivity contribution in [2.75, 3.05) is 18.1 Å². The minimum Gasteiger partial charge on any atom is -0.493 e. The molecule has 0 heterocycles. The molecule has 1 aliphatic carbocycles. The number of nitrogens with one attached hydrogen (secondary N) is 1. The summed E-state index contributed by atoms with van der Waals surface area (Å²) in [5, 5.41) is 3.45. The van der Waals surface area contributed by atoms with Gasteiger partial charge in [0.25, 0.3) is 0 Å². The van der Waals surface area contributed by atoms with Gasteiger partial charge in [-0.15, -0.1) is 0 Å². The zero-order chi connectivity index (χ0) is 14.6. The monoisotopic (exact) mass is 361 g/mol. The highest BCUT2D eigenvalue weighted by Gasteiger charge is 2.20. The summed E-state index contributed by atoms with van der Waals surface area (Å²) in [5.41, 5.74) is 1.13. The van der Waals surface area contributed by atoms with Gasteiger partial charge in [-0.05, 0) is 36.6 Å². The van der Waals surface area contributed by atoms with E-state index in [2.05, 4.69) is 21.2 Å². The van der Waals surface area contributed by atoms with Gasteiger partial charge in [-0.2, -0.15) is 0 Å². The molecule has 0 aliphatic heterocycles. The lowest BCUT2D eigenvalue weighted by Gasteiger charge is -2.10. The van der Waals surface area contributed by atoms with Gasteiger partial charge in [-0.1, -0.05) is 22.9 Å². The Bertz CT molecular complexity index is 556. The molecule has 1 saturated carbocycles. The van der Waals surface area contributed by atoms with Crippen molar-refractivity contribution in [3.05, 3.63) is 28.2 Å². The SMILES string of the molecule is CCS(=O)(=O)CCOc1ccc(Br)c(CNC2CC2)c1. The third-order valence-electron chi connectivity index (χ3n) is 3.28. The lowest BCUT2D eigenvalue weighted by Crippen LogP contribution is -2.17. The minimum atomic E-state index is -2.97. The highest BCUT2D eigenvalue weighted by Crippen LogP contribution is 2.25. The number of sulfone groups is 1. The van der Waals surface area contributed by atoms with Gasteiger partial charge in [0, 0.05) is 22.8 Å². The molecule has 112 valence electrons. The summed E-state index contributed by atoms with van der Waals surface area (Å²) in [5.74, 6) is 0.940. The summed E-state index contributed by atoms with van der Waals surface area (Å²) in [4.78, 5) is 0. The number of hydrogen-bond acceptors (Lipinski definition) is 4. The third-order valence-corrected chi connectivity index (χ3v) is 5.72. The quantitative estimate of drug-likeness (QED) is 0.772. The highest BCUT2D eigenvalue weighted by atomic mass is 79.9. The maximum absolute atomic E-state index is 11.4. The van der Waals surface area contributed by atoms with Gasteiger partial charge in [0.05, 0.1) is 5.75 Å².